The second-order valence-electron chi connectivity index (χ2n) is 7.45. The number of benzene rings is 2. The van der Waals surface area contributed by atoms with Crippen molar-refractivity contribution in [3.63, 3.8) is 0 Å². The minimum absolute atomic E-state index is 0.0778. The molecule has 4 rings (SSSR count). The highest BCUT2D eigenvalue weighted by molar-refractivity contribution is 5.97. The highest BCUT2D eigenvalue weighted by atomic mass is 16.5. The van der Waals surface area contributed by atoms with E-state index in [1.165, 1.54) is 5.56 Å². The number of amides is 1. The van der Waals surface area contributed by atoms with Crippen LogP contribution in [0.15, 0.2) is 48.5 Å². The fourth-order valence-electron chi connectivity index (χ4n) is 4.05. The Morgan fingerprint density at radius 2 is 2.07 bits per heavy atom. The number of methoxy groups -OCH3 is 1. The maximum absolute atomic E-state index is 12.5. The van der Waals surface area contributed by atoms with Crippen molar-refractivity contribution in [1.82, 2.24) is 10.2 Å². The first kappa shape index (κ1) is 17.9. The van der Waals surface area contributed by atoms with Crippen molar-refractivity contribution in [1.29, 1.82) is 0 Å². The molecule has 0 bridgehead atoms. The molecule has 0 radical (unpaired) electrons. The molecular formula is C22H26N2O3. The maximum Gasteiger partial charge on any atom is 0.255 e. The first-order valence-corrected chi connectivity index (χ1v) is 9.59. The first-order valence-electron chi connectivity index (χ1n) is 9.59. The van der Waals surface area contributed by atoms with Gasteiger partial charge in [-0.25, -0.2) is 0 Å². The molecule has 2 heterocycles. The number of nitrogens with one attached hydrogen (secondary N) is 1. The number of likely N-dealkylation sites (tertiary alicyclic amines) is 1. The third kappa shape index (κ3) is 3.93. The minimum Gasteiger partial charge on any atom is -0.497 e. The Morgan fingerprint density at radius 1 is 1.22 bits per heavy atom. The second-order valence-corrected chi connectivity index (χ2v) is 7.45. The van der Waals surface area contributed by atoms with Crippen LogP contribution in [0.1, 0.15) is 28.8 Å². The van der Waals surface area contributed by atoms with Gasteiger partial charge in [-0.3, -0.25) is 9.69 Å². The lowest BCUT2D eigenvalue weighted by Gasteiger charge is -2.42. The van der Waals surface area contributed by atoms with E-state index in [1.807, 2.05) is 12.1 Å². The summed E-state index contributed by atoms with van der Waals surface area (Å²) in [4.78, 5) is 14.9. The molecule has 27 heavy (non-hydrogen) atoms. The van der Waals surface area contributed by atoms with Gasteiger partial charge in [0.15, 0.2) is 0 Å². The van der Waals surface area contributed by atoms with E-state index in [4.69, 9.17) is 9.47 Å². The number of carbonyl (C=O) groups excluding carboxylic acids is 1. The SMILES string of the molecule is COc1ccc2c(c1)O[C@]1(CCCN(CCc3ccccc3)C1)CNC2=O. The van der Waals surface area contributed by atoms with Crippen LogP contribution in [0.4, 0.5) is 0 Å². The topological polar surface area (TPSA) is 50.8 Å². The smallest absolute Gasteiger partial charge is 0.255 e. The number of fused-ring (bicyclic) bond motifs is 1. The molecule has 1 spiro atoms. The number of ether oxygens (including phenoxy) is 2. The van der Waals surface area contributed by atoms with E-state index in [9.17, 15) is 4.79 Å². The van der Waals surface area contributed by atoms with Crippen LogP contribution in [0.2, 0.25) is 0 Å². The summed E-state index contributed by atoms with van der Waals surface area (Å²) in [6.07, 6.45) is 3.02. The Labute approximate surface area is 160 Å². The van der Waals surface area contributed by atoms with Crippen LogP contribution in [0, 0.1) is 0 Å². The molecule has 0 aromatic heterocycles. The first-order chi connectivity index (χ1) is 13.2. The third-order valence-electron chi connectivity index (χ3n) is 5.51. The van der Waals surface area contributed by atoms with Crippen molar-refractivity contribution in [2.75, 3.05) is 33.3 Å². The average Bonchev–Trinajstić information content (AvgIpc) is 2.83. The summed E-state index contributed by atoms with van der Waals surface area (Å²) in [5, 5.41) is 3.06. The van der Waals surface area contributed by atoms with Gasteiger partial charge in [0.1, 0.15) is 17.1 Å². The number of carbonyl (C=O) groups is 1. The number of hydrogen-bond donors (Lipinski definition) is 1. The Bertz CT molecular complexity index is 808. The standard InChI is InChI=1S/C22H26N2O3/c1-26-18-8-9-19-20(14-18)27-22(15-23-21(19)25)11-5-12-24(16-22)13-10-17-6-3-2-4-7-17/h2-4,6-9,14H,5,10-13,15-16H2,1H3,(H,23,25)/t22-/m1/s1. The Hall–Kier alpha value is -2.53. The van der Waals surface area contributed by atoms with Crippen LogP contribution in [-0.4, -0.2) is 49.7 Å². The predicted octanol–water partition coefficient (Wildman–Crippen LogP) is 2.89. The highest BCUT2D eigenvalue weighted by Crippen LogP contribution is 2.34. The van der Waals surface area contributed by atoms with E-state index >= 15 is 0 Å². The van der Waals surface area contributed by atoms with E-state index in [-0.39, 0.29) is 11.5 Å². The normalized spacial score (nSPS) is 22.5. The lowest BCUT2D eigenvalue weighted by atomic mass is 9.92. The van der Waals surface area contributed by atoms with Gasteiger partial charge in [-0.05, 0) is 43.5 Å². The molecule has 0 aliphatic carbocycles. The summed E-state index contributed by atoms with van der Waals surface area (Å²) >= 11 is 0. The molecule has 1 fully saturated rings. The molecule has 2 aliphatic rings. The number of nitrogens with zero attached hydrogens (tertiary/aromatic N) is 1. The van der Waals surface area contributed by atoms with Crippen molar-refractivity contribution in [3.05, 3.63) is 59.7 Å². The van der Waals surface area contributed by atoms with Gasteiger partial charge in [0, 0.05) is 19.2 Å². The monoisotopic (exact) mass is 366 g/mol. The van der Waals surface area contributed by atoms with Crippen LogP contribution < -0.4 is 14.8 Å². The Morgan fingerprint density at radius 3 is 2.89 bits per heavy atom. The van der Waals surface area contributed by atoms with E-state index in [1.54, 1.807) is 19.2 Å². The molecule has 142 valence electrons. The van der Waals surface area contributed by atoms with Crippen molar-refractivity contribution in [2.24, 2.45) is 0 Å². The van der Waals surface area contributed by atoms with Gasteiger partial charge in [0.25, 0.3) is 5.91 Å². The minimum atomic E-state index is -0.387. The molecule has 1 saturated heterocycles. The molecule has 2 aromatic carbocycles. The van der Waals surface area contributed by atoms with Gasteiger partial charge < -0.3 is 14.8 Å². The zero-order valence-electron chi connectivity index (χ0n) is 15.7. The Balaban J connectivity index is 1.50. The summed E-state index contributed by atoms with van der Waals surface area (Å²) < 4.78 is 11.8. The van der Waals surface area contributed by atoms with Crippen LogP contribution in [0.3, 0.4) is 0 Å². The van der Waals surface area contributed by atoms with Crippen molar-refractivity contribution >= 4 is 5.91 Å². The van der Waals surface area contributed by atoms with E-state index < -0.39 is 0 Å². The van der Waals surface area contributed by atoms with Crippen LogP contribution >= 0.6 is 0 Å². The molecule has 1 N–H and O–H groups in total. The molecule has 2 aliphatic heterocycles. The summed E-state index contributed by atoms with van der Waals surface area (Å²) in [7, 11) is 1.63. The molecule has 1 atom stereocenters. The second kappa shape index (κ2) is 7.61. The Kier molecular flexibility index (Phi) is 5.03. The zero-order chi connectivity index (χ0) is 18.7. The van der Waals surface area contributed by atoms with Gasteiger partial charge in [-0.1, -0.05) is 30.3 Å². The molecule has 0 saturated carbocycles. The molecule has 5 nitrogen and oxygen atoms in total. The fraction of sp³-hybridized carbons (Fsp3) is 0.409. The number of hydrogen-bond acceptors (Lipinski definition) is 4. The van der Waals surface area contributed by atoms with E-state index in [0.29, 0.717) is 23.6 Å². The summed E-state index contributed by atoms with van der Waals surface area (Å²) in [6.45, 7) is 3.41. The quantitative estimate of drug-likeness (QED) is 0.904. The maximum atomic E-state index is 12.5. The summed E-state index contributed by atoms with van der Waals surface area (Å²) in [6, 6.07) is 16.0. The third-order valence-corrected chi connectivity index (χ3v) is 5.51. The van der Waals surface area contributed by atoms with Gasteiger partial charge >= 0.3 is 0 Å². The van der Waals surface area contributed by atoms with Gasteiger partial charge in [-0.2, -0.15) is 0 Å². The van der Waals surface area contributed by atoms with Gasteiger partial charge in [-0.15, -0.1) is 0 Å². The molecule has 5 heteroatoms. The highest BCUT2D eigenvalue weighted by Gasteiger charge is 2.40. The zero-order valence-corrected chi connectivity index (χ0v) is 15.7. The molecule has 2 aromatic rings. The van der Waals surface area contributed by atoms with Crippen LogP contribution in [0.25, 0.3) is 0 Å². The van der Waals surface area contributed by atoms with Crippen molar-refractivity contribution in [2.45, 2.75) is 24.9 Å². The van der Waals surface area contributed by atoms with Crippen molar-refractivity contribution in [3.8, 4) is 11.5 Å². The number of rotatable bonds is 4. The van der Waals surface area contributed by atoms with E-state index in [2.05, 4.69) is 34.5 Å². The predicted molar refractivity (Wildman–Crippen MR) is 105 cm³/mol. The lowest BCUT2D eigenvalue weighted by molar-refractivity contribution is -0.00390. The summed E-state index contributed by atoms with van der Waals surface area (Å²) in [5.41, 5.74) is 1.54. The summed E-state index contributed by atoms with van der Waals surface area (Å²) in [5.74, 6) is 1.25. The van der Waals surface area contributed by atoms with Crippen LogP contribution in [0.5, 0.6) is 11.5 Å². The van der Waals surface area contributed by atoms with Crippen molar-refractivity contribution < 1.29 is 14.3 Å². The number of piperidine rings is 1. The van der Waals surface area contributed by atoms with Gasteiger partial charge in [0.2, 0.25) is 0 Å². The molecular weight excluding hydrogens is 340 g/mol. The molecule has 1 amide bonds. The van der Waals surface area contributed by atoms with E-state index in [0.717, 1.165) is 38.9 Å². The lowest BCUT2D eigenvalue weighted by Crippen LogP contribution is -2.56. The largest absolute Gasteiger partial charge is 0.497 e. The molecule has 0 unspecified atom stereocenters. The van der Waals surface area contributed by atoms with Gasteiger partial charge in [0.05, 0.1) is 19.2 Å². The fourth-order valence-corrected chi connectivity index (χ4v) is 4.05. The van der Waals surface area contributed by atoms with Crippen LogP contribution in [-0.2, 0) is 6.42 Å². The average molecular weight is 366 g/mol.